The molecule has 0 aliphatic heterocycles. The van der Waals surface area contributed by atoms with Crippen molar-refractivity contribution >= 4 is 5.69 Å². The van der Waals surface area contributed by atoms with Gasteiger partial charge in [-0.05, 0) is 36.2 Å². The van der Waals surface area contributed by atoms with Crippen LogP contribution in [-0.2, 0) is 0 Å². The van der Waals surface area contributed by atoms with Crippen molar-refractivity contribution in [2.75, 3.05) is 19.0 Å². The van der Waals surface area contributed by atoms with E-state index in [0.717, 1.165) is 17.0 Å². The first-order valence-corrected chi connectivity index (χ1v) is 6.25. The van der Waals surface area contributed by atoms with Gasteiger partial charge in [-0.3, -0.25) is 4.98 Å². The average molecular weight is 257 g/mol. The van der Waals surface area contributed by atoms with E-state index in [9.17, 15) is 0 Å². The van der Waals surface area contributed by atoms with Crippen molar-refractivity contribution < 1.29 is 4.74 Å². The Labute approximate surface area is 113 Å². The van der Waals surface area contributed by atoms with Crippen molar-refractivity contribution in [1.29, 1.82) is 0 Å². The van der Waals surface area contributed by atoms with Gasteiger partial charge in [0.25, 0.3) is 0 Å². The molecule has 0 radical (unpaired) electrons. The minimum absolute atomic E-state index is 0.0180. The van der Waals surface area contributed by atoms with Gasteiger partial charge in [-0.25, -0.2) is 0 Å². The Morgan fingerprint density at radius 1 is 1.37 bits per heavy atom. The number of pyridine rings is 1. The average Bonchev–Trinajstić information content (AvgIpc) is 2.46. The maximum atomic E-state index is 5.85. The number of rotatable bonds is 5. The summed E-state index contributed by atoms with van der Waals surface area (Å²) in [6, 6.07) is 9.97. The molecule has 0 amide bonds. The molecular formula is C15H19N3O. The zero-order chi connectivity index (χ0) is 13.7. The predicted octanol–water partition coefficient (Wildman–Crippen LogP) is 2.51. The van der Waals surface area contributed by atoms with Crippen molar-refractivity contribution in [2.45, 2.75) is 13.0 Å². The van der Waals surface area contributed by atoms with Crippen LogP contribution in [0.1, 0.15) is 17.2 Å². The lowest BCUT2D eigenvalue weighted by molar-refractivity contribution is 0.416. The lowest BCUT2D eigenvalue weighted by Crippen LogP contribution is -2.21. The molecule has 1 unspecified atom stereocenters. The van der Waals surface area contributed by atoms with E-state index in [-0.39, 0.29) is 6.04 Å². The van der Waals surface area contributed by atoms with E-state index in [1.54, 1.807) is 13.3 Å². The molecule has 4 nitrogen and oxygen atoms in total. The third-order valence-corrected chi connectivity index (χ3v) is 3.01. The van der Waals surface area contributed by atoms with E-state index in [2.05, 4.69) is 16.4 Å². The van der Waals surface area contributed by atoms with Crippen LogP contribution in [0.5, 0.6) is 5.75 Å². The number of methoxy groups -OCH3 is 1. The Hall–Kier alpha value is -2.07. The van der Waals surface area contributed by atoms with Crippen molar-refractivity contribution in [1.82, 2.24) is 4.98 Å². The summed E-state index contributed by atoms with van der Waals surface area (Å²) in [5, 5.41) is 3.42. The van der Waals surface area contributed by atoms with Crippen molar-refractivity contribution in [3.63, 3.8) is 0 Å². The fourth-order valence-electron chi connectivity index (χ4n) is 1.98. The summed E-state index contributed by atoms with van der Waals surface area (Å²) in [6.07, 6.45) is 3.58. The lowest BCUT2D eigenvalue weighted by Gasteiger charge is -2.20. The number of nitrogens with two attached hydrogens (primary N) is 1. The highest BCUT2D eigenvalue weighted by atomic mass is 16.5. The van der Waals surface area contributed by atoms with Crippen molar-refractivity contribution in [3.05, 3.63) is 53.9 Å². The summed E-state index contributed by atoms with van der Waals surface area (Å²) in [6.45, 7) is 2.54. The Balaban J connectivity index is 2.26. The first-order valence-electron chi connectivity index (χ1n) is 6.25. The molecule has 4 heteroatoms. The van der Waals surface area contributed by atoms with E-state index in [1.807, 2.05) is 37.4 Å². The van der Waals surface area contributed by atoms with Gasteiger partial charge in [0.05, 0.1) is 18.8 Å². The van der Waals surface area contributed by atoms with Crippen LogP contribution < -0.4 is 15.8 Å². The van der Waals surface area contributed by atoms with Crippen LogP contribution in [0, 0.1) is 6.92 Å². The van der Waals surface area contributed by atoms with Crippen molar-refractivity contribution in [3.8, 4) is 5.75 Å². The number of hydrogen-bond acceptors (Lipinski definition) is 4. The van der Waals surface area contributed by atoms with Crippen LogP contribution in [0.2, 0.25) is 0 Å². The Kier molecular flexibility index (Phi) is 4.36. The molecule has 0 saturated heterocycles. The van der Waals surface area contributed by atoms with Crippen LogP contribution in [0.4, 0.5) is 5.69 Å². The van der Waals surface area contributed by atoms with Gasteiger partial charge in [0.15, 0.2) is 0 Å². The smallest absolute Gasteiger partial charge is 0.141 e. The number of aromatic nitrogens is 1. The summed E-state index contributed by atoms with van der Waals surface area (Å²) in [5.41, 5.74) is 9.03. The van der Waals surface area contributed by atoms with E-state index < -0.39 is 0 Å². The van der Waals surface area contributed by atoms with E-state index in [4.69, 9.17) is 10.5 Å². The molecule has 1 atom stereocenters. The maximum absolute atomic E-state index is 5.85. The fraction of sp³-hybridized carbons (Fsp3) is 0.267. The molecule has 2 rings (SSSR count). The molecule has 19 heavy (non-hydrogen) atoms. The summed E-state index contributed by atoms with van der Waals surface area (Å²) in [5.74, 6) is 0.813. The first kappa shape index (κ1) is 13.4. The fourth-order valence-corrected chi connectivity index (χ4v) is 1.98. The largest absolute Gasteiger partial charge is 0.495 e. The number of aryl methyl sites for hydroxylation is 1. The molecule has 100 valence electrons. The minimum atomic E-state index is 0.0180. The van der Waals surface area contributed by atoms with Crippen LogP contribution in [0.15, 0.2) is 42.7 Å². The van der Waals surface area contributed by atoms with Gasteiger partial charge < -0.3 is 15.8 Å². The molecule has 0 fully saturated rings. The lowest BCUT2D eigenvalue weighted by atomic mass is 10.1. The van der Waals surface area contributed by atoms with Gasteiger partial charge in [0.1, 0.15) is 5.75 Å². The number of hydrogen-bond donors (Lipinski definition) is 2. The van der Waals surface area contributed by atoms with Crippen LogP contribution in [0.3, 0.4) is 0 Å². The highest BCUT2D eigenvalue weighted by molar-refractivity contribution is 5.59. The first-order chi connectivity index (χ1) is 9.24. The van der Waals surface area contributed by atoms with E-state index in [1.165, 1.54) is 5.56 Å². The second kappa shape index (κ2) is 6.20. The SMILES string of the molecule is COc1ccc(C)cc1NC(CN)c1cccnc1. The molecular weight excluding hydrogens is 238 g/mol. The number of nitrogens with zero attached hydrogens (tertiary/aromatic N) is 1. The Morgan fingerprint density at radius 2 is 2.21 bits per heavy atom. The molecule has 0 spiro atoms. The van der Waals surface area contributed by atoms with Gasteiger partial charge in [-0.2, -0.15) is 0 Å². The van der Waals surface area contributed by atoms with Gasteiger partial charge in [-0.15, -0.1) is 0 Å². The molecule has 1 aromatic carbocycles. The molecule has 1 heterocycles. The monoisotopic (exact) mass is 257 g/mol. The number of anilines is 1. The molecule has 0 aliphatic rings. The standard InChI is InChI=1S/C15H19N3O/c1-11-5-6-15(19-2)13(8-11)18-14(9-16)12-4-3-7-17-10-12/h3-8,10,14,18H,9,16H2,1-2H3. The Morgan fingerprint density at radius 3 is 2.84 bits per heavy atom. The van der Waals surface area contributed by atoms with Gasteiger partial charge in [0, 0.05) is 18.9 Å². The molecule has 3 N–H and O–H groups in total. The quantitative estimate of drug-likeness (QED) is 0.864. The van der Waals surface area contributed by atoms with Crippen LogP contribution in [-0.4, -0.2) is 18.6 Å². The topological polar surface area (TPSA) is 60.2 Å². The predicted molar refractivity (Wildman–Crippen MR) is 77.4 cm³/mol. The number of benzene rings is 1. The van der Waals surface area contributed by atoms with Crippen LogP contribution in [0.25, 0.3) is 0 Å². The second-order valence-corrected chi connectivity index (χ2v) is 4.42. The summed E-state index contributed by atoms with van der Waals surface area (Å²) >= 11 is 0. The molecule has 1 aromatic heterocycles. The Bertz CT molecular complexity index is 528. The highest BCUT2D eigenvalue weighted by Crippen LogP contribution is 2.28. The maximum Gasteiger partial charge on any atom is 0.141 e. The van der Waals surface area contributed by atoms with E-state index >= 15 is 0 Å². The highest BCUT2D eigenvalue weighted by Gasteiger charge is 2.12. The van der Waals surface area contributed by atoms with Crippen molar-refractivity contribution in [2.24, 2.45) is 5.73 Å². The third kappa shape index (κ3) is 3.23. The normalized spacial score (nSPS) is 11.9. The summed E-state index contributed by atoms with van der Waals surface area (Å²) < 4.78 is 5.36. The number of ether oxygens (including phenoxy) is 1. The van der Waals surface area contributed by atoms with Gasteiger partial charge >= 0.3 is 0 Å². The zero-order valence-corrected chi connectivity index (χ0v) is 11.3. The van der Waals surface area contributed by atoms with Crippen LogP contribution >= 0.6 is 0 Å². The second-order valence-electron chi connectivity index (χ2n) is 4.42. The summed E-state index contributed by atoms with van der Waals surface area (Å²) in [7, 11) is 1.66. The third-order valence-electron chi connectivity index (χ3n) is 3.01. The van der Waals surface area contributed by atoms with Gasteiger partial charge in [-0.1, -0.05) is 12.1 Å². The number of nitrogens with one attached hydrogen (secondary N) is 1. The minimum Gasteiger partial charge on any atom is -0.495 e. The summed E-state index contributed by atoms with van der Waals surface area (Å²) in [4.78, 5) is 4.13. The van der Waals surface area contributed by atoms with Gasteiger partial charge in [0.2, 0.25) is 0 Å². The molecule has 0 aliphatic carbocycles. The molecule has 0 saturated carbocycles. The molecule has 2 aromatic rings. The zero-order valence-electron chi connectivity index (χ0n) is 11.3. The van der Waals surface area contributed by atoms with E-state index in [0.29, 0.717) is 6.54 Å². The molecule has 0 bridgehead atoms.